The number of Topliss-reactive ketones (excluding diaryl/α,β-unsaturated/α-hetero) is 1. The molecule has 0 atom stereocenters. The van der Waals surface area contributed by atoms with E-state index in [0.29, 0.717) is 22.2 Å². The van der Waals surface area contributed by atoms with E-state index in [0.717, 1.165) is 11.3 Å². The van der Waals surface area contributed by atoms with Gasteiger partial charge in [0.15, 0.2) is 5.75 Å². The van der Waals surface area contributed by atoms with E-state index in [-0.39, 0.29) is 5.97 Å². The SMILES string of the molecule is COC(=O)c1cccnc1.O=C(C[S+]1CCCC1)c1ccccc1. The first kappa shape index (κ1) is 18.2. The Morgan fingerprint density at radius 2 is 1.71 bits per heavy atom. The second-order valence-corrected chi connectivity index (χ2v) is 7.72. The number of carbonyl (C=O) groups excluding carboxylic acids is 2. The Morgan fingerprint density at radius 1 is 1.04 bits per heavy atom. The summed E-state index contributed by atoms with van der Waals surface area (Å²) in [6, 6.07) is 13.0. The molecule has 0 bridgehead atoms. The lowest BCUT2D eigenvalue weighted by molar-refractivity contribution is 0.0600. The van der Waals surface area contributed by atoms with Gasteiger partial charge < -0.3 is 4.74 Å². The van der Waals surface area contributed by atoms with Gasteiger partial charge in [0.1, 0.15) is 11.5 Å². The van der Waals surface area contributed by atoms with Gasteiger partial charge in [0.2, 0.25) is 5.78 Å². The van der Waals surface area contributed by atoms with Gasteiger partial charge >= 0.3 is 5.97 Å². The van der Waals surface area contributed by atoms with Crippen LogP contribution in [0.15, 0.2) is 54.9 Å². The average molecular weight is 344 g/mol. The molecular weight excluding hydrogens is 322 g/mol. The summed E-state index contributed by atoms with van der Waals surface area (Å²) in [4.78, 5) is 26.3. The van der Waals surface area contributed by atoms with Crippen LogP contribution < -0.4 is 0 Å². The third-order valence-corrected chi connectivity index (χ3v) is 6.03. The molecule has 0 spiro atoms. The maximum Gasteiger partial charge on any atom is 0.339 e. The zero-order valence-electron chi connectivity index (χ0n) is 13.8. The molecule has 1 aromatic heterocycles. The molecule has 1 aliphatic rings. The number of methoxy groups -OCH3 is 1. The fourth-order valence-electron chi connectivity index (χ4n) is 2.35. The van der Waals surface area contributed by atoms with Crippen molar-refractivity contribution in [3.05, 3.63) is 66.0 Å². The molecule has 24 heavy (non-hydrogen) atoms. The highest BCUT2D eigenvalue weighted by atomic mass is 32.2. The predicted octanol–water partition coefficient (Wildman–Crippen LogP) is 3.15. The summed E-state index contributed by atoms with van der Waals surface area (Å²) in [5.41, 5.74) is 1.36. The van der Waals surface area contributed by atoms with E-state index in [1.165, 1.54) is 37.7 Å². The van der Waals surface area contributed by atoms with Crippen LogP contribution in [-0.4, -0.2) is 41.1 Å². The molecule has 2 heterocycles. The van der Waals surface area contributed by atoms with Crippen LogP contribution in [0.3, 0.4) is 0 Å². The van der Waals surface area contributed by atoms with E-state index in [9.17, 15) is 9.59 Å². The molecule has 126 valence electrons. The van der Waals surface area contributed by atoms with Gasteiger partial charge in [-0.2, -0.15) is 0 Å². The molecule has 2 aromatic rings. The molecule has 0 aliphatic carbocycles. The lowest BCUT2D eigenvalue weighted by atomic mass is 10.2. The van der Waals surface area contributed by atoms with Gasteiger partial charge in [0.05, 0.1) is 12.7 Å². The number of benzene rings is 1. The van der Waals surface area contributed by atoms with E-state index >= 15 is 0 Å². The van der Waals surface area contributed by atoms with Crippen LogP contribution in [0, 0.1) is 0 Å². The number of ketones is 1. The average Bonchev–Trinajstić information content (AvgIpc) is 3.16. The van der Waals surface area contributed by atoms with Gasteiger partial charge in [-0.15, -0.1) is 0 Å². The minimum absolute atomic E-state index is 0.329. The Hall–Kier alpha value is -2.14. The summed E-state index contributed by atoms with van der Waals surface area (Å²) in [6.45, 7) is 0. The fraction of sp³-hybridized carbons (Fsp3) is 0.316. The van der Waals surface area contributed by atoms with Gasteiger partial charge in [-0.3, -0.25) is 9.78 Å². The Balaban J connectivity index is 0.000000185. The fourth-order valence-corrected chi connectivity index (χ4v) is 4.61. The Bertz CT molecular complexity index is 640. The topological polar surface area (TPSA) is 56.3 Å². The normalized spacial score (nSPS) is 13.7. The number of rotatable bonds is 4. The third-order valence-electron chi connectivity index (χ3n) is 3.63. The maximum absolute atomic E-state index is 11.8. The highest BCUT2D eigenvalue weighted by molar-refractivity contribution is 7.97. The number of ether oxygens (including phenoxy) is 1. The number of esters is 1. The van der Waals surface area contributed by atoms with Gasteiger partial charge in [-0.25, -0.2) is 4.79 Å². The molecule has 0 amide bonds. The van der Waals surface area contributed by atoms with E-state index in [1.807, 2.05) is 30.3 Å². The second-order valence-electron chi connectivity index (χ2n) is 5.39. The number of hydrogen-bond acceptors (Lipinski definition) is 4. The van der Waals surface area contributed by atoms with Crippen molar-refractivity contribution in [2.75, 3.05) is 24.4 Å². The van der Waals surface area contributed by atoms with Gasteiger partial charge in [0, 0.05) is 18.0 Å². The molecule has 1 aromatic carbocycles. The molecule has 0 saturated carbocycles. The van der Waals surface area contributed by atoms with Crippen LogP contribution in [0.4, 0.5) is 0 Å². The first-order valence-corrected chi connectivity index (χ1v) is 9.64. The summed E-state index contributed by atoms with van der Waals surface area (Å²) in [5, 5.41) is 0. The number of pyridine rings is 1. The summed E-state index contributed by atoms with van der Waals surface area (Å²) < 4.78 is 4.46. The van der Waals surface area contributed by atoms with Crippen molar-refractivity contribution in [1.29, 1.82) is 0 Å². The van der Waals surface area contributed by atoms with E-state index in [2.05, 4.69) is 9.72 Å². The predicted molar refractivity (Wildman–Crippen MR) is 97.5 cm³/mol. The van der Waals surface area contributed by atoms with Crippen LogP contribution in [0.25, 0.3) is 0 Å². The van der Waals surface area contributed by atoms with E-state index in [1.54, 1.807) is 18.3 Å². The Labute approximate surface area is 145 Å². The second kappa shape index (κ2) is 9.88. The zero-order valence-corrected chi connectivity index (χ0v) is 14.6. The van der Waals surface area contributed by atoms with Crippen molar-refractivity contribution in [3.8, 4) is 0 Å². The van der Waals surface area contributed by atoms with Gasteiger partial charge in [-0.05, 0) is 35.9 Å². The molecule has 4 nitrogen and oxygen atoms in total. The van der Waals surface area contributed by atoms with E-state index < -0.39 is 0 Å². The summed E-state index contributed by atoms with van der Waals surface area (Å²) >= 11 is 0. The minimum Gasteiger partial charge on any atom is -0.465 e. The van der Waals surface area contributed by atoms with Crippen molar-refractivity contribution >= 4 is 22.6 Å². The molecule has 0 radical (unpaired) electrons. The summed E-state index contributed by atoms with van der Waals surface area (Å²) in [7, 11) is 1.74. The largest absolute Gasteiger partial charge is 0.465 e. The van der Waals surface area contributed by atoms with Crippen LogP contribution >= 0.6 is 0 Å². The van der Waals surface area contributed by atoms with Crippen molar-refractivity contribution in [2.45, 2.75) is 12.8 Å². The van der Waals surface area contributed by atoms with Crippen molar-refractivity contribution in [3.63, 3.8) is 0 Å². The molecule has 0 unspecified atom stereocenters. The lowest BCUT2D eigenvalue weighted by Gasteiger charge is -2.00. The monoisotopic (exact) mass is 344 g/mol. The van der Waals surface area contributed by atoms with Crippen LogP contribution in [-0.2, 0) is 15.6 Å². The number of nitrogens with zero attached hydrogens (tertiary/aromatic N) is 1. The zero-order chi connectivity index (χ0) is 17.2. The Morgan fingerprint density at radius 3 is 2.29 bits per heavy atom. The number of hydrogen-bond donors (Lipinski definition) is 0. The van der Waals surface area contributed by atoms with Crippen LogP contribution in [0.5, 0.6) is 0 Å². The van der Waals surface area contributed by atoms with Crippen molar-refractivity contribution < 1.29 is 14.3 Å². The number of aromatic nitrogens is 1. The van der Waals surface area contributed by atoms with Crippen LogP contribution in [0.1, 0.15) is 33.6 Å². The highest BCUT2D eigenvalue weighted by Crippen LogP contribution is 2.15. The molecule has 3 rings (SSSR count). The third kappa shape index (κ3) is 5.81. The molecule has 1 saturated heterocycles. The first-order chi connectivity index (χ1) is 11.7. The lowest BCUT2D eigenvalue weighted by Crippen LogP contribution is -2.17. The van der Waals surface area contributed by atoms with Gasteiger partial charge in [-0.1, -0.05) is 30.3 Å². The standard InChI is InChI=1S/C12H15OS.C7H7NO2/c13-12(10-14-8-4-5-9-14)11-6-2-1-3-7-11;1-10-7(9)6-3-2-4-8-5-6/h1-3,6-7H,4-5,8-10H2;2-5H,1H3/q+1;. The van der Waals surface area contributed by atoms with Gasteiger partial charge in [0.25, 0.3) is 0 Å². The van der Waals surface area contributed by atoms with Crippen molar-refractivity contribution in [1.82, 2.24) is 4.98 Å². The quantitative estimate of drug-likeness (QED) is 0.486. The first-order valence-electron chi connectivity index (χ1n) is 7.91. The van der Waals surface area contributed by atoms with Crippen LogP contribution in [0.2, 0.25) is 0 Å². The number of carbonyl (C=O) groups is 2. The van der Waals surface area contributed by atoms with E-state index in [4.69, 9.17) is 0 Å². The summed E-state index contributed by atoms with van der Waals surface area (Å²) in [6.07, 6.45) is 5.72. The molecular formula is C19H22NO3S+. The highest BCUT2D eigenvalue weighted by Gasteiger charge is 2.27. The maximum atomic E-state index is 11.8. The van der Waals surface area contributed by atoms with Crippen molar-refractivity contribution in [2.24, 2.45) is 0 Å². The Kier molecular flexibility index (Phi) is 7.49. The molecule has 5 heteroatoms. The smallest absolute Gasteiger partial charge is 0.339 e. The minimum atomic E-state index is -0.354. The molecule has 1 fully saturated rings. The molecule has 1 aliphatic heterocycles. The molecule has 0 N–H and O–H groups in total. The summed E-state index contributed by atoms with van der Waals surface area (Å²) in [5.74, 6) is 3.31.